The first kappa shape index (κ1) is 24.5. The zero-order chi connectivity index (χ0) is 24.5. The van der Waals surface area contributed by atoms with Crippen molar-refractivity contribution in [1.82, 2.24) is 14.9 Å². The topological polar surface area (TPSA) is 78.5 Å². The first-order valence-corrected chi connectivity index (χ1v) is 12.9. The molecule has 1 aliphatic heterocycles. The van der Waals surface area contributed by atoms with Crippen molar-refractivity contribution in [3.05, 3.63) is 59.9 Å². The molecular weight excluding hydrogens is 467 g/mol. The number of urea groups is 1. The van der Waals surface area contributed by atoms with Crippen LogP contribution in [-0.2, 0) is 16.4 Å². The average Bonchev–Trinajstić information content (AvgIpc) is 3.54. The molecule has 2 aromatic carbocycles. The third kappa shape index (κ3) is 5.07. The van der Waals surface area contributed by atoms with E-state index in [0.717, 1.165) is 0 Å². The lowest BCUT2D eigenvalue weighted by molar-refractivity contribution is 0.184. The number of hydrogen-bond donors (Lipinski definition) is 2. The molecule has 2 aromatic rings. The molecule has 2 aliphatic rings. The van der Waals surface area contributed by atoms with Gasteiger partial charge in [0.15, 0.2) is 0 Å². The van der Waals surface area contributed by atoms with Gasteiger partial charge in [-0.1, -0.05) is 48.5 Å². The molecule has 1 saturated heterocycles. The largest absolute Gasteiger partial charge is 0.335 e. The molecule has 2 amide bonds. The van der Waals surface area contributed by atoms with Crippen molar-refractivity contribution in [2.45, 2.75) is 44.4 Å². The minimum atomic E-state index is -4.22. The number of rotatable bonds is 8. The van der Waals surface area contributed by atoms with Crippen LogP contribution in [-0.4, -0.2) is 56.7 Å². The number of hydrogen-bond acceptors (Lipinski definition) is 3. The van der Waals surface area contributed by atoms with Gasteiger partial charge in [0.05, 0.1) is 12.6 Å². The SMILES string of the molecule is C[C@H](F)CNC(=O)N1CC2(CC2)[C@H](NS(=O)(=O)CF)[C@@H]1Cc1cccc(-c2ccccc2)c1F. The van der Waals surface area contributed by atoms with Crippen molar-refractivity contribution < 1.29 is 26.4 Å². The summed E-state index contributed by atoms with van der Waals surface area (Å²) in [4.78, 5) is 14.4. The van der Waals surface area contributed by atoms with E-state index in [0.29, 0.717) is 29.5 Å². The lowest BCUT2D eigenvalue weighted by atomic mass is 9.91. The zero-order valence-electron chi connectivity index (χ0n) is 18.8. The lowest BCUT2D eigenvalue weighted by Gasteiger charge is -2.29. The van der Waals surface area contributed by atoms with Gasteiger partial charge in [-0.25, -0.2) is 31.1 Å². The van der Waals surface area contributed by atoms with E-state index in [1.165, 1.54) is 11.8 Å². The molecule has 34 heavy (non-hydrogen) atoms. The van der Waals surface area contributed by atoms with E-state index in [1.807, 2.05) is 6.07 Å². The molecule has 1 aliphatic carbocycles. The first-order valence-electron chi connectivity index (χ1n) is 11.2. The van der Waals surface area contributed by atoms with E-state index in [2.05, 4.69) is 10.0 Å². The predicted molar refractivity (Wildman–Crippen MR) is 123 cm³/mol. The van der Waals surface area contributed by atoms with Crippen LogP contribution in [0.3, 0.4) is 0 Å². The third-order valence-corrected chi connectivity index (χ3v) is 7.56. The molecular formula is C24H28F3N3O3S. The number of alkyl halides is 2. The maximum atomic E-state index is 15.6. The Balaban J connectivity index is 1.68. The molecule has 1 saturated carbocycles. The number of carbonyl (C=O) groups excluding carboxylic acids is 1. The van der Waals surface area contributed by atoms with Gasteiger partial charge in [0.1, 0.15) is 12.0 Å². The van der Waals surface area contributed by atoms with Gasteiger partial charge in [-0.2, -0.15) is 0 Å². The van der Waals surface area contributed by atoms with Crippen LogP contribution in [0.5, 0.6) is 0 Å². The Hall–Kier alpha value is -2.59. The summed E-state index contributed by atoms with van der Waals surface area (Å²) in [6.07, 6.45) is 0.0601. The van der Waals surface area contributed by atoms with Gasteiger partial charge in [0, 0.05) is 23.6 Å². The molecule has 2 fully saturated rings. The van der Waals surface area contributed by atoms with Crippen LogP contribution in [0.1, 0.15) is 25.3 Å². The molecule has 2 N–H and O–H groups in total. The van der Waals surface area contributed by atoms with Crippen LogP contribution in [0.25, 0.3) is 11.1 Å². The number of likely N-dealkylation sites (tertiary alicyclic amines) is 1. The van der Waals surface area contributed by atoms with Gasteiger partial charge in [-0.3, -0.25) is 0 Å². The molecule has 1 heterocycles. The van der Waals surface area contributed by atoms with Crippen LogP contribution in [0.15, 0.2) is 48.5 Å². The fourth-order valence-corrected chi connectivity index (χ4v) is 5.64. The Morgan fingerprint density at radius 1 is 1.18 bits per heavy atom. The molecule has 184 valence electrons. The van der Waals surface area contributed by atoms with Crippen molar-refractivity contribution in [3.63, 3.8) is 0 Å². The average molecular weight is 496 g/mol. The maximum Gasteiger partial charge on any atom is 0.317 e. The fourth-order valence-electron chi connectivity index (χ4n) is 4.78. The second-order valence-corrected chi connectivity index (χ2v) is 10.9. The normalized spacial score (nSPS) is 22.1. The molecule has 0 aromatic heterocycles. The molecule has 0 unspecified atom stereocenters. The van der Waals surface area contributed by atoms with E-state index in [9.17, 15) is 22.0 Å². The van der Waals surface area contributed by atoms with Crippen molar-refractivity contribution in [2.75, 3.05) is 19.1 Å². The van der Waals surface area contributed by atoms with Gasteiger partial charge in [0.2, 0.25) is 16.0 Å². The highest BCUT2D eigenvalue weighted by Crippen LogP contribution is 2.55. The summed E-state index contributed by atoms with van der Waals surface area (Å²) < 4.78 is 68.8. The van der Waals surface area contributed by atoms with Crippen molar-refractivity contribution in [2.24, 2.45) is 5.41 Å². The van der Waals surface area contributed by atoms with Gasteiger partial charge in [0.25, 0.3) is 0 Å². The molecule has 3 atom stereocenters. The number of halogens is 3. The van der Waals surface area contributed by atoms with Crippen LogP contribution in [0.4, 0.5) is 18.0 Å². The van der Waals surface area contributed by atoms with Crippen LogP contribution in [0, 0.1) is 11.2 Å². The van der Waals surface area contributed by atoms with E-state index in [1.54, 1.807) is 42.5 Å². The highest BCUT2D eigenvalue weighted by Gasteiger charge is 2.61. The smallest absolute Gasteiger partial charge is 0.317 e. The second kappa shape index (κ2) is 9.58. The fraction of sp³-hybridized carbons (Fsp3) is 0.458. The first-order chi connectivity index (χ1) is 16.2. The van der Waals surface area contributed by atoms with Gasteiger partial charge < -0.3 is 10.2 Å². The third-order valence-electron chi connectivity index (χ3n) is 6.66. The quantitative estimate of drug-likeness (QED) is 0.585. The highest BCUT2D eigenvalue weighted by atomic mass is 32.2. The van der Waals surface area contributed by atoms with E-state index < -0.39 is 51.5 Å². The lowest BCUT2D eigenvalue weighted by Crippen LogP contribution is -2.52. The van der Waals surface area contributed by atoms with E-state index in [4.69, 9.17) is 0 Å². The summed E-state index contributed by atoms with van der Waals surface area (Å²) in [5.74, 6) is -0.463. The van der Waals surface area contributed by atoms with Crippen LogP contribution >= 0.6 is 0 Å². The minimum absolute atomic E-state index is 0.0202. The Morgan fingerprint density at radius 2 is 1.88 bits per heavy atom. The maximum absolute atomic E-state index is 15.6. The number of nitrogens with one attached hydrogen (secondary N) is 2. The molecule has 4 rings (SSSR count). The summed E-state index contributed by atoms with van der Waals surface area (Å²) in [5.41, 5.74) is 0.845. The van der Waals surface area contributed by atoms with Crippen molar-refractivity contribution >= 4 is 16.1 Å². The molecule has 0 bridgehead atoms. The van der Waals surface area contributed by atoms with Gasteiger partial charge in [-0.05, 0) is 37.3 Å². The molecule has 6 nitrogen and oxygen atoms in total. The van der Waals surface area contributed by atoms with Crippen LogP contribution in [0.2, 0.25) is 0 Å². The second-order valence-electron chi connectivity index (χ2n) is 9.19. The number of nitrogens with zero attached hydrogens (tertiary/aromatic N) is 1. The monoisotopic (exact) mass is 495 g/mol. The summed E-state index contributed by atoms with van der Waals surface area (Å²) in [6.45, 7) is 1.34. The predicted octanol–water partition coefficient (Wildman–Crippen LogP) is 3.78. The Labute approximate surface area is 197 Å². The van der Waals surface area contributed by atoms with Crippen LogP contribution < -0.4 is 10.0 Å². The number of amides is 2. The molecule has 0 radical (unpaired) electrons. The molecule has 10 heteroatoms. The summed E-state index contributed by atoms with van der Waals surface area (Å²) in [6, 6.07) is 10.3. The Kier molecular flexibility index (Phi) is 6.91. The standard InChI is InChI=1S/C24H28F3N3O3S/c1-16(26)13-28-23(31)30-14-24(10-11-24)22(29-34(32,33)15-25)20(30)12-18-8-5-9-19(21(18)27)17-6-3-2-4-7-17/h2-9,16,20,22,29H,10-15H2,1H3,(H,28,31)/t16-,20-,22+/m0/s1. The summed E-state index contributed by atoms with van der Waals surface area (Å²) in [5, 5.41) is 2.52. The number of sulfonamides is 1. The summed E-state index contributed by atoms with van der Waals surface area (Å²) >= 11 is 0. The summed E-state index contributed by atoms with van der Waals surface area (Å²) in [7, 11) is -4.22. The van der Waals surface area contributed by atoms with E-state index >= 15 is 4.39 Å². The van der Waals surface area contributed by atoms with Gasteiger partial charge in [-0.15, -0.1) is 0 Å². The number of carbonyl (C=O) groups is 1. The molecule has 1 spiro atoms. The van der Waals surface area contributed by atoms with Gasteiger partial charge >= 0.3 is 6.03 Å². The highest BCUT2D eigenvalue weighted by molar-refractivity contribution is 7.89. The van der Waals surface area contributed by atoms with E-state index in [-0.39, 0.29) is 19.5 Å². The zero-order valence-corrected chi connectivity index (χ0v) is 19.6. The Bertz CT molecular complexity index is 1140. The van der Waals surface area contributed by atoms with Crippen molar-refractivity contribution in [1.29, 1.82) is 0 Å². The Morgan fingerprint density at radius 3 is 2.50 bits per heavy atom. The number of benzene rings is 2. The minimum Gasteiger partial charge on any atom is -0.335 e. The van der Waals surface area contributed by atoms with Crippen molar-refractivity contribution in [3.8, 4) is 11.1 Å².